The number of carbonyl (C=O) groups is 1. The number of nitrogens with zero attached hydrogens (tertiary/aromatic N) is 5. The first-order valence-electron chi connectivity index (χ1n) is 7.45. The van der Waals surface area contributed by atoms with Gasteiger partial charge in [0.1, 0.15) is 6.04 Å². The summed E-state index contributed by atoms with van der Waals surface area (Å²) in [4.78, 5) is 13.5. The number of ether oxygens (including phenoxy) is 1. The fourth-order valence-corrected chi connectivity index (χ4v) is 2.94. The molecule has 0 spiro atoms. The molecular weight excluding hydrogens is 296 g/mol. The number of hydrogen-bond acceptors (Lipinski definition) is 6. The highest BCUT2D eigenvalue weighted by Crippen LogP contribution is 2.25. The van der Waals surface area contributed by atoms with E-state index in [0.717, 1.165) is 11.4 Å². The van der Waals surface area contributed by atoms with Gasteiger partial charge in [0.05, 0.1) is 11.8 Å². The molecule has 0 radical (unpaired) electrons. The first kappa shape index (κ1) is 15.4. The van der Waals surface area contributed by atoms with Crippen LogP contribution in [0.15, 0.2) is 18.2 Å². The Morgan fingerprint density at radius 3 is 2.52 bits per heavy atom. The van der Waals surface area contributed by atoms with E-state index in [1.165, 1.54) is 0 Å². The quantitative estimate of drug-likeness (QED) is 0.874. The van der Waals surface area contributed by atoms with Crippen LogP contribution in [0.1, 0.15) is 17.8 Å². The second-order valence-corrected chi connectivity index (χ2v) is 5.75. The molecule has 8 nitrogen and oxygen atoms in total. The Bertz CT molecular complexity index is 711. The summed E-state index contributed by atoms with van der Waals surface area (Å²) in [5.41, 5.74) is 7.39. The number of carbonyl (C=O) groups excluding carboxylic acids is 1. The van der Waals surface area contributed by atoms with Gasteiger partial charge in [0.25, 0.3) is 0 Å². The van der Waals surface area contributed by atoms with E-state index in [2.05, 4.69) is 15.3 Å². The fourth-order valence-electron chi connectivity index (χ4n) is 2.94. The lowest BCUT2D eigenvalue weighted by Gasteiger charge is -2.22. The minimum absolute atomic E-state index is 0.0371. The zero-order valence-corrected chi connectivity index (χ0v) is 13.4. The van der Waals surface area contributed by atoms with Crippen molar-refractivity contribution in [2.75, 3.05) is 18.6 Å². The van der Waals surface area contributed by atoms with Crippen LogP contribution in [0.25, 0.3) is 5.82 Å². The molecule has 1 amide bonds. The van der Waals surface area contributed by atoms with Crippen molar-refractivity contribution >= 4 is 11.7 Å². The number of anilines is 1. The van der Waals surface area contributed by atoms with Crippen molar-refractivity contribution in [1.29, 1.82) is 0 Å². The first-order valence-corrected chi connectivity index (χ1v) is 7.45. The summed E-state index contributed by atoms with van der Waals surface area (Å²) < 4.78 is 7.08. The van der Waals surface area contributed by atoms with Crippen molar-refractivity contribution in [3.8, 4) is 5.82 Å². The van der Waals surface area contributed by atoms with Crippen LogP contribution in [-0.4, -0.2) is 51.7 Å². The molecule has 2 N–H and O–H groups in total. The van der Waals surface area contributed by atoms with Crippen LogP contribution in [0.3, 0.4) is 0 Å². The van der Waals surface area contributed by atoms with E-state index in [9.17, 15) is 4.79 Å². The monoisotopic (exact) mass is 316 g/mol. The highest BCUT2D eigenvalue weighted by Gasteiger charge is 2.36. The summed E-state index contributed by atoms with van der Waals surface area (Å²) in [5, 5.41) is 12.9. The molecule has 1 aliphatic rings. The van der Waals surface area contributed by atoms with Crippen molar-refractivity contribution in [3.05, 3.63) is 29.6 Å². The number of hydrogen-bond donors (Lipinski definition) is 1. The third-order valence-corrected chi connectivity index (χ3v) is 4.08. The molecule has 8 heteroatoms. The molecule has 1 aliphatic heterocycles. The molecule has 2 atom stereocenters. The highest BCUT2D eigenvalue weighted by molar-refractivity contribution is 5.84. The van der Waals surface area contributed by atoms with Gasteiger partial charge in [-0.15, -0.1) is 10.2 Å². The van der Waals surface area contributed by atoms with Gasteiger partial charge in [0, 0.05) is 25.8 Å². The number of aryl methyl sites for hydroxylation is 2. The average Bonchev–Trinajstić information content (AvgIpc) is 3.10. The van der Waals surface area contributed by atoms with Gasteiger partial charge < -0.3 is 15.4 Å². The molecule has 23 heavy (non-hydrogen) atoms. The van der Waals surface area contributed by atoms with Gasteiger partial charge in [-0.25, -0.2) is 4.68 Å². The Balaban J connectivity index is 1.87. The lowest BCUT2D eigenvalue weighted by atomic mass is 10.2. The van der Waals surface area contributed by atoms with Gasteiger partial charge in [-0.05, 0) is 32.0 Å². The minimum atomic E-state index is -0.422. The van der Waals surface area contributed by atoms with Crippen molar-refractivity contribution in [2.45, 2.75) is 32.4 Å². The molecule has 3 heterocycles. The standard InChI is InChI=1S/C15H20N6O2/c1-9-6-10(2)21(19-9)14-5-4-13(17-18-14)20-8-11(23-3)7-12(20)15(16)22/h4-6,11-12H,7-8H2,1-3H3,(H2,16,22)/t11-,12-/m0/s1. The minimum Gasteiger partial charge on any atom is -0.380 e. The predicted molar refractivity (Wildman–Crippen MR) is 84.4 cm³/mol. The molecule has 2 aromatic heterocycles. The van der Waals surface area contributed by atoms with E-state index in [4.69, 9.17) is 10.5 Å². The topological polar surface area (TPSA) is 99.2 Å². The van der Waals surface area contributed by atoms with Crippen LogP contribution >= 0.6 is 0 Å². The van der Waals surface area contributed by atoms with E-state index in [1.807, 2.05) is 36.9 Å². The van der Waals surface area contributed by atoms with Gasteiger partial charge in [-0.2, -0.15) is 5.10 Å². The van der Waals surface area contributed by atoms with E-state index in [0.29, 0.717) is 24.6 Å². The summed E-state index contributed by atoms with van der Waals surface area (Å²) in [7, 11) is 1.63. The molecule has 1 fully saturated rings. The molecule has 0 unspecified atom stereocenters. The molecule has 2 aromatic rings. The molecule has 122 valence electrons. The Kier molecular flexibility index (Phi) is 3.99. The van der Waals surface area contributed by atoms with Crippen LogP contribution < -0.4 is 10.6 Å². The summed E-state index contributed by atoms with van der Waals surface area (Å²) in [6.07, 6.45) is 0.525. The normalized spacial score (nSPS) is 20.9. The van der Waals surface area contributed by atoms with Crippen molar-refractivity contribution in [2.24, 2.45) is 5.73 Å². The number of amides is 1. The van der Waals surface area contributed by atoms with Crippen LogP contribution in [0.4, 0.5) is 5.82 Å². The van der Waals surface area contributed by atoms with Gasteiger partial charge in [-0.3, -0.25) is 4.79 Å². The lowest BCUT2D eigenvalue weighted by molar-refractivity contribution is -0.119. The van der Waals surface area contributed by atoms with Gasteiger partial charge in [-0.1, -0.05) is 0 Å². The van der Waals surface area contributed by atoms with Gasteiger partial charge in [0.2, 0.25) is 5.91 Å². The Hall–Kier alpha value is -2.48. The van der Waals surface area contributed by atoms with Gasteiger partial charge >= 0.3 is 0 Å². The third-order valence-electron chi connectivity index (χ3n) is 4.08. The second kappa shape index (κ2) is 5.96. The molecule has 3 rings (SSSR count). The molecular formula is C15H20N6O2. The highest BCUT2D eigenvalue weighted by atomic mass is 16.5. The third kappa shape index (κ3) is 2.89. The number of rotatable bonds is 4. The van der Waals surface area contributed by atoms with Crippen molar-refractivity contribution < 1.29 is 9.53 Å². The molecule has 0 aliphatic carbocycles. The lowest BCUT2D eigenvalue weighted by Crippen LogP contribution is -2.40. The Labute approximate surface area is 134 Å². The molecule has 1 saturated heterocycles. The SMILES string of the molecule is CO[C@H]1C[C@@H](C(N)=O)N(c2ccc(-n3nc(C)cc3C)nn2)C1. The average molecular weight is 316 g/mol. The predicted octanol–water partition coefficient (Wildman–Crippen LogP) is 0.358. The molecule has 0 bridgehead atoms. The van der Waals surface area contributed by atoms with E-state index >= 15 is 0 Å². The maximum atomic E-state index is 11.6. The summed E-state index contributed by atoms with van der Waals surface area (Å²) >= 11 is 0. The largest absolute Gasteiger partial charge is 0.380 e. The van der Waals surface area contributed by atoms with Crippen molar-refractivity contribution in [1.82, 2.24) is 20.0 Å². The smallest absolute Gasteiger partial charge is 0.240 e. The zero-order valence-electron chi connectivity index (χ0n) is 13.4. The maximum absolute atomic E-state index is 11.6. The van der Waals surface area contributed by atoms with Crippen LogP contribution in [-0.2, 0) is 9.53 Å². The Morgan fingerprint density at radius 2 is 2.00 bits per heavy atom. The number of nitrogens with two attached hydrogens (primary N) is 1. The second-order valence-electron chi connectivity index (χ2n) is 5.75. The van der Waals surface area contributed by atoms with Crippen LogP contribution in [0, 0.1) is 13.8 Å². The van der Waals surface area contributed by atoms with Crippen LogP contribution in [0.5, 0.6) is 0 Å². The summed E-state index contributed by atoms with van der Waals surface area (Å²) in [6, 6.07) is 5.21. The molecule has 0 aromatic carbocycles. The number of methoxy groups -OCH3 is 1. The number of primary amides is 1. The van der Waals surface area contributed by atoms with E-state index in [1.54, 1.807) is 11.8 Å². The van der Waals surface area contributed by atoms with E-state index in [-0.39, 0.29) is 12.0 Å². The van der Waals surface area contributed by atoms with Gasteiger partial charge in [0.15, 0.2) is 11.6 Å². The first-order chi connectivity index (χ1) is 11.0. The summed E-state index contributed by atoms with van der Waals surface area (Å²) in [5.74, 6) is 0.866. The van der Waals surface area contributed by atoms with Crippen LogP contribution in [0.2, 0.25) is 0 Å². The molecule has 0 saturated carbocycles. The van der Waals surface area contributed by atoms with Crippen molar-refractivity contribution in [3.63, 3.8) is 0 Å². The zero-order chi connectivity index (χ0) is 16.6. The Morgan fingerprint density at radius 1 is 1.30 bits per heavy atom. The summed E-state index contributed by atoms with van der Waals surface area (Å²) in [6.45, 7) is 4.46. The van der Waals surface area contributed by atoms with E-state index < -0.39 is 6.04 Å². The fraction of sp³-hybridized carbons (Fsp3) is 0.467. The number of aromatic nitrogens is 4. The maximum Gasteiger partial charge on any atom is 0.240 e.